The van der Waals surface area contributed by atoms with E-state index in [1.165, 1.54) is 32.1 Å². The fraction of sp³-hybridized carbons (Fsp3) is 1.00. The zero-order valence-corrected chi connectivity index (χ0v) is 12.2. The van der Waals surface area contributed by atoms with Crippen molar-refractivity contribution in [2.75, 3.05) is 19.8 Å². The molecule has 2 heteroatoms. The molecule has 0 aromatic carbocycles. The molecular weight excluding hydrogens is 210 g/mol. The molecule has 0 saturated heterocycles. The van der Waals surface area contributed by atoms with Crippen LogP contribution >= 0.6 is 0 Å². The Bertz CT molecular complexity index is 201. The molecular formula is C15H31NO. The highest BCUT2D eigenvalue weighted by atomic mass is 16.5. The predicted molar refractivity (Wildman–Crippen MR) is 74.3 cm³/mol. The van der Waals surface area contributed by atoms with Gasteiger partial charge in [-0.1, -0.05) is 34.1 Å². The second-order valence-corrected chi connectivity index (χ2v) is 6.71. The Morgan fingerprint density at radius 3 is 2.71 bits per heavy atom. The van der Waals surface area contributed by atoms with E-state index in [1.807, 2.05) is 0 Å². The molecule has 0 aliphatic heterocycles. The Balaban J connectivity index is 1.99. The minimum atomic E-state index is 0.536. The van der Waals surface area contributed by atoms with Crippen LogP contribution in [-0.4, -0.2) is 25.8 Å². The first-order chi connectivity index (χ1) is 7.99. The van der Waals surface area contributed by atoms with Crippen molar-refractivity contribution >= 4 is 0 Å². The van der Waals surface area contributed by atoms with Crippen LogP contribution in [0, 0.1) is 11.3 Å². The van der Waals surface area contributed by atoms with E-state index in [2.05, 4.69) is 33.0 Å². The van der Waals surface area contributed by atoms with E-state index in [1.54, 1.807) is 0 Å². The van der Waals surface area contributed by atoms with Gasteiger partial charge in [-0.05, 0) is 37.0 Å². The first-order valence-corrected chi connectivity index (χ1v) is 7.31. The molecule has 2 nitrogen and oxygen atoms in total. The highest BCUT2D eigenvalue weighted by Gasteiger charge is 2.27. The van der Waals surface area contributed by atoms with E-state index < -0.39 is 0 Å². The van der Waals surface area contributed by atoms with Gasteiger partial charge in [0.2, 0.25) is 0 Å². The van der Waals surface area contributed by atoms with Crippen LogP contribution in [0.2, 0.25) is 0 Å². The molecule has 1 unspecified atom stereocenters. The average molecular weight is 241 g/mol. The summed E-state index contributed by atoms with van der Waals surface area (Å²) in [4.78, 5) is 0. The minimum absolute atomic E-state index is 0.536. The number of nitrogens with one attached hydrogen (secondary N) is 1. The fourth-order valence-electron chi connectivity index (χ4n) is 2.63. The van der Waals surface area contributed by atoms with E-state index in [9.17, 15) is 0 Å². The Hall–Kier alpha value is -0.0800. The van der Waals surface area contributed by atoms with Gasteiger partial charge in [-0.15, -0.1) is 0 Å². The highest BCUT2D eigenvalue weighted by molar-refractivity contribution is 4.83. The van der Waals surface area contributed by atoms with Crippen molar-refractivity contribution < 1.29 is 4.74 Å². The van der Waals surface area contributed by atoms with Crippen LogP contribution in [0.25, 0.3) is 0 Å². The molecule has 0 aromatic rings. The quantitative estimate of drug-likeness (QED) is 0.688. The van der Waals surface area contributed by atoms with Crippen molar-refractivity contribution in [3.63, 3.8) is 0 Å². The average Bonchev–Trinajstić information content (AvgIpc) is 2.21. The molecule has 0 amide bonds. The maximum atomic E-state index is 5.62. The van der Waals surface area contributed by atoms with Crippen LogP contribution in [0.4, 0.5) is 0 Å². The van der Waals surface area contributed by atoms with Crippen molar-refractivity contribution in [3.05, 3.63) is 0 Å². The molecule has 0 bridgehead atoms. The molecule has 0 aromatic heterocycles. The molecule has 0 spiro atoms. The van der Waals surface area contributed by atoms with Crippen LogP contribution < -0.4 is 5.32 Å². The fourth-order valence-corrected chi connectivity index (χ4v) is 2.63. The zero-order valence-electron chi connectivity index (χ0n) is 12.2. The summed E-state index contributed by atoms with van der Waals surface area (Å²) in [6.07, 6.45) is 6.60. The summed E-state index contributed by atoms with van der Waals surface area (Å²) in [6, 6.07) is 0.715. The van der Waals surface area contributed by atoms with Crippen LogP contribution in [0.1, 0.15) is 59.8 Å². The zero-order chi connectivity index (χ0) is 12.7. The number of ether oxygens (including phenoxy) is 1. The van der Waals surface area contributed by atoms with Gasteiger partial charge in [0.15, 0.2) is 0 Å². The number of hydrogen-bond donors (Lipinski definition) is 1. The molecule has 17 heavy (non-hydrogen) atoms. The Morgan fingerprint density at radius 2 is 2.06 bits per heavy atom. The van der Waals surface area contributed by atoms with Gasteiger partial charge in [-0.3, -0.25) is 0 Å². The van der Waals surface area contributed by atoms with Gasteiger partial charge in [-0.25, -0.2) is 0 Å². The molecule has 1 N–H and O–H groups in total. The van der Waals surface area contributed by atoms with Gasteiger partial charge in [-0.2, -0.15) is 0 Å². The topological polar surface area (TPSA) is 21.3 Å². The molecule has 0 radical (unpaired) electrons. The highest BCUT2D eigenvalue weighted by Crippen LogP contribution is 2.34. The predicted octanol–water partition coefficient (Wildman–Crippen LogP) is 3.61. The van der Waals surface area contributed by atoms with E-state index in [4.69, 9.17) is 4.74 Å². The van der Waals surface area contributed by atoms with Crippen LogP contribution in [0.15, 0.2) is 0 Å². The van der Waals surface area contributed by atoms with Gasteiger partial charge in [0.1, 0.15) is 0 Å². The van der Waals surface area contributed by atoms with Gasteiger partial charge in [0.25, 0.3) is 0 Å². The molecule has 1 aliphatic carbocycles. The third-order valence-electron chi connectivity index (χ3n) is 3.72. The van der Waals surface area contributed by atoms with Crippen molar-refractivity contribution in [2.45, 2.75) is 65.8 Å². The Morgan fingerprint density at radius 1 is 1.29 bits per heavy atom. The Labute approximate surface area is 108 Å². The summed E-state index contributed by atoms with van der Waals surface area (Å²) in [5.74, 6) is 0.752. The van der Waals surface area contributed by atoms with Crippen LogP contribution in [0.5, 0.6) is 0 Å². The van der Waals surface area contributed by atoms with E-state index >= 15 is 0 Å². The molecule has 1 saturated carbocycles. The standard InChI is InChI=1S/C15H31NO/c1-13(2)7-10-17-11-9-16-14-6-5-8-15(3,4)12-14/h13-14,16H,5-12H2,1-4H3. The lowest BCUT2D eigenvalue weighted by atomic mass is 9.75. The van der Waals surface area contributed by atoms with E-state index in [0.717, 1.165) is 25.7 Å². The van der Waals surface area contributed by atoms with Crippen molar-refractivity contribution in [1.82, 2.24) is 5.32 Å². The maximum Gasteiger partial charge on any atom is 0.0591 e. The summed E-state index contributed by atoms with van der Waals surface area (Å²) in [7, 11) is 0. The maximum absolute atomic E-state index is 5.62. The van der Waals surface area contributed by atoms with Gasteiger partial charge in [0.05, 0.1) is 6.61 Å². The monoisotopic (exact) mass is 241 g/mol. The summed E-state index contributed by atoms with van der Waals surface area (Å²) >= 11 is 0. The van der Waals surface area contributed by atoms with E-state index in [-0.39, 0.29) is 0 Å². The van der Waals surface area contributed by atoms with Gasteiger partial charge in [0, 0.05) is 19.2 Å². The smallest absolute Gasteiger partial charge is 0.0591 e. The molecule has 1 atom stereocenters. The lowest BCUT2D eigenvalue weighted by Crippen LogP contribution is -2.38. The third-order valence-corrected chi connectivity index (χ3v) is 3.72. The third kappa shape index (κ3) is 7.05. The molecule has 1 fully saturated rings. The lowest BCUT2D eigenvalue weighted by molar-refractivity contribution is 0.117. The van der Waals surface area contributed by atoms with Crippen molar-refractivity contribution in [1.29, 1.82) is 0 Å². The second-order valence-electron chi connectivity index (χ2n) is 6.71. The van der Waals surface area contributed by atoms with Crippen molar-refractivity contribution in [2.24, 2.45) is 11.3 Å². The second kappa shape index (κ2) is 7.38. The summed E-state index contributed by atoms with van der Waals surface area (Å²) in [5, 5.41) is 3.64. The number of rotatable bonds is 7. The molecule has 1 aliphatic rings. The number of hydrogen-bond acceptors (Lipinski definition) is 2. The largest absolute Gasteiger partial charge is 0.380 e. The first-order valence-electron chi connectivity index (χ1n) is 7.31. The van der Waals surface area contributed by atoms with E-state index in [0.29, 0.717) is 11.5 Å². The van der Waals surface area contributed by atoms with Crippen LogP contribution in [0.3, 0.4) is 0 Å². The lowest BCUT2D eigenvalue weighted by Gasteiger charge is -2.35. The molecule has 1 rings (SSSR count). The SMILES string of the molecule is CC(C)CCOCCNC1CCCC(C)(C)C1. The Kier molecular flexibility index (Phi) is 6.50. The van der Waals surface area contributed by atoms with Crippen molar-refractivity contribution in [3.8, 4) is 0 Å². The molecule has 0 heterocycles. The van der Waals surface area contributed by atoms with Crippen LogP contribution in [-0.2, 0) is 4.74 Å². The van der Waals surface area contributed by atoms with Gasteiger partial charge >= 0.3 is 0 Å². The normalized spacial score (nSPS) is 24.2. The summed E-state index contributed by atoms with van der Waals surface area (Å²) in [6.45, 7) is 12.1. The minimum Gasteiger partial charge on any atom is -0.380 e. The first kappa shape index (κ1) is 15.0. The molecule has 102 valence electrons. The van der Waals surface area contributed by atoms with Gasteiger partial charge < -0.3 is 10.1 Å². The summed E-state index contributed by atoms with van der Waals surface area (Å²) < 4.78 is 5.62. The summed E-state index contributed by atoms with van der Waals surface area (Å²) in [5.41, 5.74) is 0.536.